The van der Waals surface area contributed by atoms with E-state index in [1.165, 1.54) is 18.1 Å². The third-order valence-corrected chi connectivity index (χ3v) is 2.33. The zero-order valence-corrected chi connectivity index (χ0v) is 10.0. The van der Waals surface area contributed by atoms with E-state index < -0.39 is 11.8 Å². The van der Waals surface area contributed by atoms with E-state index in [4.69, 9.17) is 16.3 Å². The maximum atomic E-state index is 13.9. The van der Waals surface area contributed by atoms with E-state index in [-0.39, 0.29) is 25.4 Å². The standard InChI is InChI=1S/C13H14FNO3/c1-3-7-15(9-12(16)17)8-10-5-4-6-11(18-2)13(10)14/h1,4-6H,7-9H2,2H3,(H,16,17). The molecular weight excluding hydrogens is 237 g/mol. The smallest absolute Gasteiger partial charge is 0.317 e. The average molecular weight is 251 g/mol. The number of hydrogen-bond donors (Lipinski definition) is 1. The van der Waals surface area contributed by atoms with Crippen molar-refractivity contribution in [3.05, 3.63) is 29.6 Å². The third kappa shape index (κ3) is 3.75. The van der Waals surface area contributed by atoms with Gasteiger partial charge in [0.15, 0.2) is 11.6 Å². The van der Waals surface area contributed by atoms with Gasteiger partial charge in [0.1, 0.15) is 0 Å². The van der Waals surface area contributed by atoms with E-state index in [1.54, 1.807) is 12.1 Å². The molecule has 4 nitrogen and oxygen atoms in total. The predicted octanol–water partition coefficient (Wildman–Crippen LogP) is 1.35. The summed E-state index contributed by atoms with van der Waals surface area (Å²) >= 11 is 0. The molecular formula is C13H14FNO3. The number of nitrogens with zero attached hydrogens (tertiary/aromatic N) is 1. The van der Waals surface area contributed by atoms with E-state index in [0.29, 0.717) is 5.56 Å². The number of methoxy groups -OCH3 is 1. The maximum absolute atomic E-state index is 13.9. The molecule has 0 radical (unpaired) electrons. The summed E-state index contributed by atoms with van der Waals surface area (Å²) in [6, 6.07) is 4.72. The number of terminal acetylenes is 1. The first-order valence-electron chi connectivity index (χ1n) is 5.27. The lowest BCUT2D eigenvalue weighted by Crippen LogP contribution is -2.30. The van der Waals surface area contributed by atoms with Crippen molar-refractivity contribution in [2.45, 2.75) is 6.54 Å². The highest BCUT2D eigenvalue weighted by Gasteiger charge is 2.14. The predicted molar refractivity (Wildman–Crippen MR) is 64.7 cm³/mol. The van der Waals surface area contributed by atoms with Crippen LogP contribution in [0.4, 0.5) is 4.39 Å². The number of hydrogen-bond acceptors (Lipinski definition) is 3. The summed E-state index contributed by atoms with van der Waals surface area (Å²) < 4.78 is 18.7. The third-order valence-electron chi connectivity index (χ3n) is 2.33. The Hall–Kier alpha value is -2.06. The largest absolute Gasteiger partial charge is 0.494 e. The number of benzene rings is 1. The number of ether oxygens (including phenoxy) is 1. The minimum absolute atomic E-state index is 0.125. The highest BCUT2D eigenvalue weighted by molar-refractivity contribution is 5.69. The Bertz CT molecular complexity index is 468. The van der Waals surface area contributed by atoms with Gasteiger partial charge in [0.25, 0.3) is 0 Å². The molecule has 0 aliphatic carbocycles. The highest BCUT2D eigenvalue weighted by atomic mass is 19.1. The van der Waals surface area contributed by atoms with Crippen molar-refractivity contribution in [3.63, 3.8) is 0 Å². The van der Waals surface area contributed by atoms with Crippen LogP contribution >= 0.6 is 0 Å². The lowest BCUT2D eigenvalue weighted by atomic mass is 10.2. The summed E-state index contributed by atoms with van der Waals surface area (Å²) in [5.41, 5.74) is 0.353. The van der Waals surface area contributed by atoms with Gasteiger partial charge in [-0.15, -0.1) is 6.42 Å². The van der Waals surface area contributed by atoms with Crippen molar-refractivity contribution < 1.29 is 19.0 Å². The second kappa shape index (κ2) is 6.62. The van der Waals surface area contributed by atoms with Crippen LogP contribution < -0.4 is 4.74 Å². The van der Waals surface area contributed by atoms with Gasteiger partial charge in [-0.25, -0.2) is 4.39 Å². The van der Waals surface area contributed by atoms with E-state index in [2.05, 4.69) is 5.92 Å². The van der Waals surface area contributed by atoms with E-state index in [1.807, 2.05) is 0 Å². The lowest BCUT2D eigenvalue weighted by Gasteiger charge is -2.18. The zero-order chi connectivity index (χ0) is 13.5. The molecule has 0 saturated carbocycles. The number of carbonyl (C=O) groups is 1. The van der Waals surface area contributed by atoms with Gasteiger partial charge in [0, 0.05) is 12.1 Å². The summed E-state index contributed by atoms with van der Waals surface area (Å²) in [5.74, 6) is 0.979. The first-order valence-corrected chi connectivity index (χ1v) is 5.27. The van der Waals surface area contributed by atoms with Gasteiger partial charge < -0.3 is 9.84 Å². The van der Waals surface area contributed by atoms with Crippen LogP contribution in [0.1, 0.15) is 5.56 Å². The van der Waals surface area contributed by atoms with Crippen LogP contribution in [0.2, 0.25) is 0 Å². The van der Waals surface area contributed by atoms with Crippen LogP contribution in [0.25, 0.3) is 0 Å². The molecule has 0 amide bonds. The number of halogens is 1. The van der Waals surface area contributed by atoms with Crippen molar-refractivity contribution >= 4 is 5.97 Å². The Morgan fingerprint density at radius 3 is 2.89 bits per heavy atom. The molecule has 0 fully saturated rings. The van der Waals surface area contributed by atoms with Crippen molar-refractivity contribution in [2.24, 2.45) is 0 Å². The topological polar surface area (TPSA) is 49.8 Å². The van der Waals surface area contributed by atoms with E-state index >= 15 is 0 Å². The lowest BCUT2D eigenvalue weighted by molar-refractivity contribution is -0.138. The first kappa shape index (κ1) is 14.0. The minimum atomic E-state index is -1.01. The van der Waals surface area contributed by atoms with Crippen molar-refractivity contribution in [2.75, 3.05) is 20.2 Å². The molecule has 18 heavy (non-hydrogen) atoms. The highest BCUT2D eigenvalue weighted by Crippen LogP contribution is 2.21. The van der Waals surface area contributed by atoms with Crippen LogP contribution in [-0.2, 0) is 11.3 Å². The van der Waals surface area contributed by atoms with E-state index in [0.717, 1.165) is 0 Å². The first-order chi connectivity index (χ1) is 8.58. The molecule has 1 aromatic rings. The van der Waals surface area contributed by atoms with Crippen molar-refractivity contribution in [3.8, 4) is 18.1 Å². The minimum Gasteiger partial charge on any atom is -0.494 e. The molecule has 0 atom stereocenters. The summed E-state index contributed by atoms with van der Waals surface area (Å²) in [6.07, 6.45) is 5.15. The number of rotatable bonds is 6. The van der Waals surface area contributed by atoms with E-state index in [9.17, 15) is 9.18 Å². The molecule has 0 aromatic heterocycles. The Morgan fingerprint density at radius 2 is 2.33 bits per heavy atom. The molecule has 0 unspecified atom stereocenters. The summed E-state index contributed by atoms with van der Waals surface area (Å²) in [4.78, 5) is 12.1. The van der Waals surface area contributed by atoms with Crippen LogP contribution in [0.15, 0.2) is 18.2 Å². The Balaban J connectivity index is 2.87. The fourth-order valence-corrected chi connectivity index (χ4v) is 1.56. The molecule has 0 saturated heterocycles. The number of carboxylic acids is 1. The summed E-state index contributed by atoms with van der Waals surface area (Å²) in [5, 5.41) is 8.73. The molecule has 0 aliphatic rings. The molecule has 5 heteroatoms. The average Bonchev–Trinajstić information content (AvgIpc) is 2.31. The van der Waals surface area contributed by atoms with Gasteiger partial charge in [-0.1, -0.05) is 18.1 Å². The quantitative estimate of drug-likeness (QED) is 0.775. The number of aliphatic carboxylic acids is 1. The molecule has 1 N–H and O–H groups in total. The molecule has 1 aromatic carbocycles. The fraction of sp³-hybridized carbons (Fsp3) is 0.308. The molecule has 0 heterocycles. The Labute approximate surface area is 105 Å². The van der Waals surface area contributed by atoms with Gasteiger partial charge >= 0.3 is 5.97 Å². The van der Waals surface area contributed by atoms with Crippen LogP contribution in [0.3, 0.4) is 0 Å². The fourth-order valence-electron chi connectivity index (χ4n) is 1.56. The van der Waals surface area contributed by atoms with Crippen molar-refractivity contribution in [1.82, 2.24) is 4.90 Å². The zero-order valence-electron chi connectivity index (χ0n) is 10.0. The summed E-state index contributed by atoms with van der Waals surface area (Å²) in [6.45, 7) is 0.0311. The van der Waals surface area contributed by atoms with Gasteiger partial charge in [0.05, 0.1) is 20.2 Å². The molecule has 0 bridgehead atoms. The number of carboxylic acid groups (broad SMARTS) is 1. The second-order valence-corrected chi connectivity index (χ2v) is 3.68. The molecule has 96 valence electrons. The SMILES string of the molecule is C#CCN(CC(=O)O)Cc1cccc(OC)c1F. The molecule has 0 aliphatic heterocycles. The van der Waals surface area contributed by atoms with Gasteiger partial charge in [-0.3, -0.25) is 9.69 Å². The Morgan fingerprint density at radius 1 is 1.61 bits per heavy atom. The Kier molecular flexibility index (Phi) is 5.15. The van der Waals surface area contributed by atoms with Crippen LogP contribution in [-0.4, -0.2) is 36.2 Å². The summed E-state index contributed by atoms with van der Waals surface area (Å²) in [7, 11) is 1.37. The van der Waals surface area contributed by atoms with Crippen molar-refractivity contribution in [1.29, 1.82) is 0 Å². The van der Waals surface area contributed by atoms with Gasteiger partial charge in [-0.05, 0) is 6.07 Å². The van der Waals surface area contributed by atoms with Crippen LogP contribution in [0, 0.1) is 18.2 Å². The van der Waals surface area contributed by atoms with Crippen LogP contribution in [0.5, 0.6) is 5.75 Å². The monoisotopic (exact) mass is 251 g/mol. The molecule has 0 spiro atoms. The van der Waals surface area contributed by atoms with Gasteiger partial charge in [0.2, 0.25) is 0 Å². The maximum Gasteiger partial charge on any atom is 0.317 e. The second-order valence-electron chi connectivity index (χ2n) is 3.68. The normalized spacial score (nSPS) is 10.1. The van der Waals surface area contributed by atoms with Gasteiger partial charge in [-0.2, -0.15) is 0 Å². The molecule has 1 rings (SSSR count).